The third-order valence-corrected chi connectivity index (χ3v) is 5.28. The molecule has 2 aliphatic rings. The van der Waals surface area contributed by atoms with Gasteiger partial charge in [-0.1, -0.05) is 6.07 Å². The number of carbonyl (C=O) groups is 3. The first-order valence-corrected chi connectivity index (χ1v) is 10.3. The second-order valence-corrected chi connectivity index (χ2v) is 8.80. The molecular formula is C22H30N2O6. The fourth-order valence-corrected chi connectivity index (χ4v) is 3.78. The van der Waals surface area contributed by atoms with Crippen LogP contribution in [0.5, 0.6) is 0 Å². The highest BCUT2D eigenvalue weighted by atomic mass is 16.6. The Bertz CT molecular complexity index is 818. The van der Waals surface area contributed by atoms with Crippen LogP contribution in [0.4, 0.5) is 5.69 Å². The van der Waals surface area contributed by atoms with Crippen molar-refractivity contribution in [2.75, 3.05) is 24.6 Å². The summed E-state index contributed by atoms with van der Waals surface area (Å²) in [5, 5.41) is 10.3. The van der Waals surface area contributed by atoms with Crippen LogP contribution in [0.2, 0.25) is 0 Å². The van der Waals surface area contributed by atoms with Gasteiger partial charge >= 0.3 is 5.97 Å². The first kappa shape index (κ1) is 22.2. The topological polar surface area (TPSA) is 96.4 Å². The van der Waals surface area contributed by atoms with Gasteiger partial charge in [0.05, 0.1) is 6.61 Å². The molecule has 0 radical (unpaired) electrons. The summed E-state index contributed by atoms with van der Waals surface area (Å²) in [6.07, 6.45) is -1.11. The highest BCUT2D eigenvalue weighted by Gasteiger charge is 2.41. The molecule has 164 valence electrons. The number of ether oxygens (including phenoxy) is 2. The lowest BCUT2D eigenvalue weighted by Gasteiger charge is -2.34. The first-order chi connectivity index (χ1) is 14.1. The lowest BCUT2D eigenvalue weighted by atomic mass is 10.1. The molecule has 1 aromatic rings. The Hall–Kier alpha value is -2.45. The third kappa shape index (κ3) is 4.82. The van der Waals surface area contributed by atoms with E-state index in [0.717, 1.165) is 19.4 Å². The molecule has 1 N–H and O–H groups in total. The number of morpholine rings is 1. The molecular weight excluding hydrogens is 388 g/mol. The molecule has 8 heteroatoms. The molecule has 2 aliphatic heterocycles. The summed E-state index contributed by atoms with van der Waals surface area (Å²) in [4.78, 5) is 41.3. The molecule has 3 rings (SSSR count). The number of aliphatic hydroxyl groups is 1. The van der Waals surface area contributed by atoms with Crippen LogP contribution in [0.3, 0.4) is 0 Å². The van der Waals surface area contributed by atoms with E-state index in [1.807, 2.05) is 11.8 Å². The number of aliphatic hydroxyl groups excluding tert-OH is 1. The molecule has 3 atom stereocenters. The van der Waals surface area contributed by atoms with Crippen LogP contribution in [0.25, 0.3) is 0 Å². The molecule has 1 aromatic carbocycles. The van der Waals surface area contributed by atoms with Crippen molar-refractivity contribution in [3.05, 3.63) is 29.8 Å². The van der Waals surface area contributed by atoms with Gasteiger partial charge in [-0.2, -0.15) is 0 Å². The lowest BCUT2D eigenvalue weighted by Crippen LogP contribution is -2.55. The molecule has 2 saturated heterocycles. The molecule has 0 bridgehead atoms. The molecule has 0 aliphatic carbocycles. The molecule has 0 aromatic heterocycles. The van der Waals surface area contributed by atoms with Gasteiger partial charge in [-0.25, -0.2) is 4.79 Å². The third-order valence-electron chi connectivity index (χ3n) is 5.28. The molecule has 2 heterocycles. The summed E-state index contributed by atoms with van der Waals surface area (Å²) in [6.45, 7) is 8.20. The van der Waals surface area contributed by atoms with Crippen LogP contribution < -0.4 is 4.90 Å². The number of hydrogen-bond donors (Lipinski definition) is 1. The van der Waals surface area contributed by atoms with Gasteiger partial charge in [0, 0.05) is 30.4 Å². The molecule has 0 unspecified atom stereocenters. The van der Waals surface area contributed by atoms with Gasteiger partial charge in [0.2, 0.25) is 0 Å². The zero-order valence-corrected chi connectivity index (χ0v) is 18.0. The minimum Gasteiger partial charge on any atom is -0.458 e. The Morgan fingerprint density at radius 2 is 2.00 bits per heavy atom. The number of benzene rings is 1. The van der Waals surface area contributed by atoms with Crippen molar-refractivity contribution < 1.29 is 29.0 Å². The molecule has 8 nitrogen and oxygen atoms in total. The minimum atomic E-state index is -1.73. The first-order valence-electron chi connectivity index (χ1n) is 10.3. The predicted molar refractivity (Wildman–Crippen MR) is 110 cm³/mol. The van der Waals surface area contributed by atoms with Gasteiger partial charge in [-0.15, -0.1) is 0 Å². The van der Waals surface area contributed by atoms with E-state index in [-0.39, 0.29) is 25.1 Å². The Labute approximate surface area is 176 Å². The summed E-state index contributed by atoms with van der Waals surface area (Å²) in [5.74, 6) is -1.51. The van der Waals surface area contributed by atoms with Gasteiger partial charge < -0.3 is 24.4 Å². The summed E-state index contributed by atoms with van der Waals surface area (Å²) >= 11 is 0. The number of esters is 1. The summed E-state index contributed by atoms with van der Waals surface area (Å²) in [7, 11) is 0. The highest BCUT2D eigenvalue weighted by Crippen LogP contribution is 2.25. The monoisotopic (exact) mass is 418 g/mol. The predicted octanol–water partition coefficient (Wildman–Crippen LogP) is 1.75. The Kier molecular flexibility index (Phi) is 6.47. The normalized spacial score (nSPS) is 23.4. The fraction of sp³-hybridized carbons (Fsp3) is 0.591. The van der Waals surface area contributed by atoms with Gasteiger partial charge in [-0.3, -0.25) is 9.59 Å². The highest BCUT2D eigenvalue weighted by molar-refractivity contribution is 6.02. The second-order valence-electron chi connectivity index (χ2n) is 8.80. The summed E-state index contributed by atoms with van der Waals surface area (Å²) in [5.41, 5.74) is 0.240. The molecule has 2 fully saturated rings. The Morgan fingerprint density at radius 3 is 2.63 bits per heavy atom. The lowest BCUT2D eigenvalue weighted by molar-refractivity contribution is -0.177. The summed E-state index contributed by atoms with van der Waals surface area (Å²) in [6, 6.07) is 7.05. The van der Waals surface area contributed by atoms with Crippen molar-refractivity contribution in [3.8, 4) is 0 Å². The van der Waals surface area contributed by atoms with Crippen LogP contribution in [0.15, 0.2) is 24.3 Å². The zero-order valence-electron chi connectivity index (χ0n) is 18.0. The number of rotatable bonds is 4. The van der Waals surface area contributed by atoms with Gasteiger partial charge in [0.15, 0.2) is 12.2 Å². The van der Waals surface area contributed by atoms with Gasteiger partial charge in [0.25, 0.3) is 11.8 Å². The summed E-state index contributed by atoms with van der Waals surface area (Å²) < 4.78 is 10.6. The number of hydrogen-bond acceptors (Lipinski definition) is 6. The van der Waals surface area contributed by atoms with E-state index >= 15 is 0 Å². The maximum Gasteiger partial charge on any atom is 0.338 e. The maximum atomic E-state index is 13.0. The van der Waals surface area contributed by atoms with Crippen LogP contribution in [0, 0.1) is 0 Å². The van der Waals surface area contributed by atoms with Crippen molar-refractivity contribution in [2.24, 2.45) is 0 Å². The van der Waals surface area contributed by atoms with E-state index in [1.54, 1.807) is 45.0 Å². The van der Waals surface area contributed by atoms with Gasteiger partial charge in [-0.05, 0) is 58.7 Å². The van der Waals surface area contributed by atoms with E-state index in [4.69, 9.17) is 9.47 Å². The quantitative estimate of drug-likeness (QED) is 0.749. The van der Waals surface area contributed by atoms with Crippen molar-refractivity contribution >= 4 is 23.5 Å². The van der Waals surface area contributed by atoms with Crippen molar-refractivity contribution in [3.63, 3.8) is 0 Å². The zero-order chi connectivity index (χ0) is 22.1. The Morgan fingerprint density at radius 1 is 1.27 bits per heavy atom. The van der Waals surface area contributed by atoms with E-state index in [9.17, 15) is 19.5 Å². The van der Waals surface area contributed by atoms with Crippen molar-refractivity contribution in [1.29, 1.82) is 0 Å². The van der Waals surface area contributed by atoms with Crippen LogP contribution in [-0.2, 0) is 19.1 Å². The number of likely N-dealkylation sites (tertiary alicyclic amines) is 1. The standard InChI is InChI=1S/C22H30N2O6/c1-14-7-6-10-23(14)19(26)15-8-5-9-16(13-15)24-11-12-29-18(20(24)27)17(25)21(28)30-22(2,3)4/h5,8-9,13-14,17-18,25H,6-7,10-12H2,1-4H3/t14-,17+,18+/m0/s1. The second kappa shape index (κ2) is 8.73. The van der Waals surface area contributed by atoms with Crippen molar-refractivity contribution in [1.82, 2.24) is 4.90 Å². The smallest absolute Gasteiger partial charge is 0.338 e. The van der Waals surface area contributed by atoms with Crippen LogP contribution in [0.1, 0.15) is 50.9 Å². The molecule has 0 spiro atoms. The number of amides is 2. The fourth-order valence-electron chi connectivity index (χ4n) is 3.78. The maximum absolute atomic E-state index is 13.0. The number of carbonyl (C=O) groups excluding carboxylic acids is 3. The Balaban J connectivity index is 1.76. The average molecular weight is 418 g/mol. The molecule has 0 saturated carbocycles. The SMILES string of the molecule is C[C@H]1CCCN1C(=O)c1cccc(N2CCO[C@H]([C@@H](O)C(=O)OC(C)(C)C)C2=O)c1. The minimum absolute atomic E-state index is 0.0621. The molecule has 30 heavy (non-hydrogen) atoms. The number of nitrogens with zero attached hydrogens (tertiary/aromatic N) is 2. The van der Waals surface area contributed by atoms with Crippen LogP contribution >= 0.6 is 0 Å². The largest absolute Gasteiger partial charge is 0.458 e. The van der Waals surface area contributed by atoms with Crippen molar-refractivity contribution in [2.45, 2.75) is 64.4 Å². The van der Waals surface area contributed by atoms with Crippen LogP contribution in [-0.4, -0.2) is 71.3 Å². The van der Waals surface area contributed by atoms with E-state index in [2.05, 4.69) is 0 Å². The average Bonchev–Trinajstić information content (AvgIpc) is 3.11. The van der Waals surface area contributed by atoms with E-state index in [0.29, 0.717) is 11.3 Å². The van der Waals surface area contributed by atoms with E-state index < -0.39 is 29.7 Å². The van der Waals surface area contributed by atoms with E-state index in [1.165, 1.54) is 4.90 Å². The molecule has 2 amide bonds. The van der Waals surface area contributed by atoms with Gasteiger partial charge in [0.1, 0.15) is 5.60 Å². The number of anilines is 1.